The summed E-state index contributed by atoms with van der Waals surface area (Å²) in [5, 5.41) is 2.81. The molecule has 3 N–H and O–H groups in total. The van der Waals surface area contributed by atoms with Crippen molar-refractivity contribution in [2.45, 2.75) is 38.3 Å². The lowest BCUT2D eigenvalue weighted by Gasteiger charge is -2.20. The molecule has 0 radical (unpaired) electrons. The Labute approximate surface area is 132 Å². The third-order valence-corrected chi connectivity index (χ3v) is 4.01. The van der Waals surface area contributed by atoms with Gasteiger partial charge in [0.15, 0.2) is 0 Å². The largest absolute Gasteiger partial charge is 0.383 e. The third kappa shape index (κ3) is 5.40. The van der Waals surface area contributed by atoms with Gasteiger partial charge in [0.05, 0.1) is 6.61 Å². The number of amides is 1. The van der Waals surface area contributed by atoms with E-state index < -0.39 is 6.04 Å². The van der Waals surface area contributed by atoms with Crippen LogP contribution in [0.1, 0.15) is 31.2 Å². The van der Waals surface area contributed by atoms with Crippen LogP contribution in [-0.2, 0) is 16.1 Å². The van der Waals surface area contributed by atoms with E-state index in [0.717, 1.165) is 12.2 Å². The molecule has 122 valence electrons. The van der Waals surface area contributed by atoms with Crippen molar-refractivity contribution in [1.82, 2.24) is 4.90 Å². The van der Waals surface area contributed by atoms with Crippen LogP contribution in [0.2, 0.25) is 0 Å². The first-order valence-corrected chi connectivity index (χ1v) is 8.05. The van der Waals surface area contributed by atoms with Crippen LogP contribution in [0.25, 0.3) is 0 Å². The van der Waals surface area contributed by atoms with Crippen LogP contribution in [-0.4, -0.2) is 43.7 Å². The summed E-state index contributed by atoms with van der Waals surface area (Å²) in [6.07, 6.45) is 5.30. The fourth-order valence-corrected chi connectivity index (χ4v) is 2.74. The van der Waals surface area contributed by atoms with Gasteiger partial charge in [0.25, 0.3) is 0 Å². The molecule has 22 heavy (non-hydrogen) atoms. The van der Waals surface area contributed by atoms with E-state index in [1.165, 1.54) is 51.4 Å². The first-order valence-electron chi connectivity index (χ1n) is 8.05. The van der Waals surface area contributed by atoms with Gasteiger partial charge in [-0.1, -0.05) is 25.0 Å². The van der Waals surface area contributed by atoms with Crippen LogP contribution in [0.4, 0.5) is 5.69 Å². The molecule has 0 aromatic heterocycles. The van der Waals surface area contributed by atoms with E-state index >= 15 is 0 Å². The molecule has 0 saturated carbocycles. The number of methoxy groups -OCH3 is 1. The van der Waals surface area contributed by atoms with Gasteiger partial charge in [-0.25, -0.2) is 0 Å². The molecule has 2 rings (SSSR count). The smallest absolute Gasteiger partial charge is 0.243 e. The molecular weight excluding hydrogens is 278 g/mol. The maximum Gasteiger partial charge on any atom is 0.243 e. The molecule has 1 saturated heterocycles. The molecule has 5 nitrogen and oxygen atoms in total. The molecule has 1 aromatic carbocycles. The second-order valence-electron chi connectivity index (χ2n) is 5.94. The van der Waals surface area contributed by atoms with E-state index in [-0.39, 0.29) is 12.5 Å². The predicted octanol–water partition coefficient (Wildman–Crippen LogP) is 1.97. The van der Waals surface area contributed by atoms with Gasteiger partial charge < -0.3 is 15.8 Å². The van der Waals surface area contributed by atoms with Crippen molar-refractivity contribution < 1.29 is 9.53 Å². The lowest BCUT2D eigenvalue weighted by molar-refractivity contribution is -0.118. The standard InChI is InChI=1S/C17H27N3O2/c1-22-13-16(18)17(21)19-15-8-6-14(7-9-15)12-20-10-4-2-3-5-11-20/h6-9,16H,2-5,10-13,18H2,1H3,(H,19,21). The molecule has 1 heterocycles. The number of hydrogen-bond donors (Lipinski definition) is 2. The highest BCUT2D eigenvalue weighted by atomic mass is 16.5. The molecule has 1 amide bonds. The summed E-state index contributed by atoms with van der Waals surface area (Å²) in [6.45, 7) is 3.57. The van der Waals surface area contributed by atoms with Crippen molar-refractivity contribution in [3.63, 3.8) is 0 Å². The lowest BCUT2D eigenvalue weighted by Crippen LogP contribution is -2.39. The Morgan fingerprint density at radius 1 is 1.23 bits per heavy atom. The highest BCUT2D eigenvalue weighted by Crippen LogP contribution is 2.15. The van der Waals surface area contributed by atoms with Crippen LogP contribution in [0.5, 0.6) is 0 Å². The summed E-state index contributed by atoms with van der Waals surface area (Å²) in [7, 11) is 1.53. The Morgan fingerprint density at radius 3 is 2.45 bits per heavy atom. The number of carbonyl (C=O) groups is 1. The van der Waals surface area contributed by atoms with Gasteiger partial charge in [-0.05, 0) is 43.6 Å². The predicted molar refractivity (Wildman–Crippen MR) is 88.7 cm³/mol. The van der Waals surface area contributed by atoms with Crippen LogP contribution in [0.15, 0.2) is 24.3 Å². The van der Waals surface area contributed by atoms with Gasteiger partial charge in [-0.3, -0.25) is 9.69 Å². The number of ether oxygens (including phenoxy) is 1. The summed E-state index contributed by atoms with van der Waals surface area (Å²) in [5.74, 6) is -0.220. The van der Waals surface area contributed by atoms with Crippen molar-refractivity contribution in [3.8, 4) is 0 Å². The van der Waals surface area contributed by atoms with Gasteiger partial charge in [0, 0.05) is 19.3 Å². The number of nitrogens with one attached hydrogen (secondary N) is 1. The van der Waals surface area contributed by atoms with Gasteiger partial charge in [-0.2, -0.15) is 0 Å². The van der Waals surface area contributed by atoms with E-state index in [4.69, 9.17) is 10.5 Å². The average Bonchev–Trinajstić information content (AvgIpc) is 2.78. The van der Waals surface area contributed by atoms with E-state index in [9.17, 15) is 4.79 Å². The molecule has 1 aliphatic rings. The van der Waals surface area contributed by atoms with Gasteiger partial charge in [-0.15, -0.1) is 0 Å². The molecule has 1 aromatic rings. The van der Waals surface area contributed by atoms with Crippen molar-refractivity contribution in [2.75, 3.05) is 32.1 Å². The quantitative estimate of drug-likeness (QED) is 0.843. The number of nitrogens with zero attached hydrogens (tertiary/aromatic N) is 1. The summed E-state index contributed by atoms with van der Waals surface area (Å²) in [6, 6.07) is 7.38. The minimum atomic E-state index is -0.637. The number of carbonyl (C=O) groups excluding carboxylic acids is 1. The molecule has 0 aliphatic carbocycles. The Bertz CT molecular complexity index is 453. The minimum Gasteiger partial charge on any atom is -0.383 e. The average molecular weight is 305 g/mol. The van der Waals surface area contributed by atoms with E-state index in [1.54, 1.807) is 0 Å². The SMILES string of the molecule is COCC(N)C(=O)Nc1ccc(CN2CCCCCC2)cc1. The molecule has 1 atom stereocenters. The molecule has 1 unspecified atom stereocenters. The Hall–Kier alpha value is -1.43. The molecule has 0 bridgehead atoms. The van der Waals surface area contributed by atoms with Crippen molar-refractivity contribution in [3.05, 3.63) is 29.8 Å². The third-order valence-electron chi connectivity index (χ3n) is 4.01. The Balaban J connectivity index is 1.85. The number of hydrogen-bond acceptors (Lipinski definition) is 4. The number of nitrogens with two attached hydrogens (primary N) is 1. The van der Waals surface area contributed by atoms with E-state index in [2.05, 4.69) is 22.3 Å². The Kier molecular flexibility index (Phi) is 6.83. The zero-order valence-electron chi connectivity index (χ0n) is 13.4. The van der Waals surface area contributed by atoms with Crippen molar-refractivity contribution in [1.29, 1.82) is 0 Å². The van der Waals surface area contributed by atoms with E-state index in [0.29, 0.717) is 0 Å². The van der Waals surface area contributed by atoms with Crippen LogP contribution in [0, 0.1) is 0 Å². The number of rotatable bonds is 6. The second-order valence-corrected chi connectivity index (χ2v) is 5.94. The second kappa shape index (κ2) is 8.88. The normalized spacial score (nSPS) is 17.7. The maximum absolute atomic E-state index is 11.8. The van der Waals surface area contributed by atoms with Crippen LogP contribution in [0.3, 0.4) is 0 Å². The van der Waals surface area contributed by atoms with Crippen molar-refractivity contribution >= 4 is 11.6 Å². The molecule has 1 fully saturated rings. The molecular formula is C17H27N3O2. The molecule has 1 aliphatic heterocycles. The Morgan fingerprint density at radius 2 is 1.86 bits per heavy atom. The summed E-state index contributed by atoms with van der Waals surface area (Å²) >= 11 is 0. The van der Waals surface area contributed by atoms with Gasteiger partial charge in [0.2, 0.25) is 5.91 Å². The monoisotopic (exact) mass is 305 g/mol. The summed E-state index contributed by atoms with van der Waals surface area (Å²) in [4.78, 5) is 14.3. The number of benzene rings is 1. The zero-order chi connectivity index (χ0) is 15.8. The van der Waals surface area contributed by atoms with Gasteiger partial charge in [0.1, 0.15) is 6.04 Å². The minimum absolute atomic E-state index is 0.220. The summed E-state index contributed by atoms with van der Waals surface area (Å²) < 4.78 is 4.88. The zero-order valence-corrected chi connectivity index (χ0v) is 13.4. The van der Waals surface area contributed by atoms with Gasteiger partial charge >= 0.3 is 0 Å². The maximum atomic E-state index is 11.8. The lowest BCUT2D eigenvalue weighted by atomic mass is 10.2. The topological polar surface area (TPSA) is 67.6 Å². The molecule has 5 heteroatoms. The summed E-state index contributed by atoms with van der Waals surface area (Å²) in [5.41, 5.74) is 7.75. The fourth-order valence-electron chi connectivity index (χ4n) is 2.74. The number of likely N-dealkylation sites (tertiary alicyclic amines) is 1. The highest BCUT2D eigenvalue weighted by Gasteiger charge is 2.13. The van der Waals surface area contributed by atoms with E-state index in [1.807, 2.05) is 12.1 Å². The fraction of sp³-hybridized carbons (Fsp3) is 0.588. The first kappa shape index (κ1) is 16.9. The van der Waals surface area contributed by atoms with Crippen LogP contribution >= 0.6 is 0 Å². The van der Waals surface area contributed by atoms with Crippen molar-refractivity contribution in [2.24, 2.45) is 5.73 Å². The first-order chi connectivity index (χ1) is 10.7. The number of anilines is 1. The highest BCUT2D eigenvalue weighted by molar-refractivity contribution is 5.94. The van der Waals surface area contributed by atoms with Crippen LogP contribution < -0.4 is 11.1 Å². The molecule has 0 spiro atoms.